The van der Waals surface area contributed by atoms with Crippen molar-refractivity contribution in [3.63, 3.8) is 0 Å². The molecule has 3 N–H and O–H groups in total. The Kier molecular flexibility index (Phi) is 7.32. The molecule has 6 nitrogen and oxygen atoms in total. The number of rotatable bonds is 7. The third-order valence-electron chi connectivity index (χ3n) is 4.21. The van der Waals surface area contributed by atoms with E-state index in [4.69, 9.17) is 16.9 Å². The molecule has 1 aromatic rings. The van der Waals surface area contributed by atoms with E-state index < -0.39 is 0 Å². The van der Waals surface area contributed by atoms with Gasteiger partial charge < -0.3 is 15.7 Å². The molecule has 2 rings (SSSR count). The van der Waals surface area contributed by atoms with Crippen molar-refractivity contribution in [2.24, 2.45) is 0 Å². The summed E-state index contributed by atoms with van der Waals surface area (Å²) < 4.78 is 0. The first kappa shape index (κ1) is 18.5. The summed E-state index contributed by atoms with van der Waals surface area (Å²) in [4.78, 5) is 14.1. The van der Waals surface area contributed by atoms with E-state index in [1.165, 1.54) is 0 Å². The van der Waals surface area contributed by atoms with Gasteiger partial charge in [0.2, 0.25) is 0 Å². The number of nitrogens with one attached hydrogen (secondary N) is 2. The van der Waals surface area contributed by atoms with Gasteiger partial charge in [0, 0.05) is 18.3 Å². The Hall–Kier alpha value is -1.81. The summed E-state index contributed by atoms with van der Waals surface area (Å²) in [6.07, 6.45) is 4.10. The monoisotopic (exact) mass is 350 g/mol. The zero-order valence-electron chi connectivity index (χ0n) is 13.6. The Morgan fingerprint density at radius 1 is 1.46 bits per heavy atom. The van der Waals surface area contributed by atoms with Gasteiger partial charge in [0.05, 0.1) is 17.2 Å². The highest BCUT2D eigenvalue weighted by molar-refractivity contribution is 6.32. The van der Waals surface area contributed by atoms with Crippen LogP contribution in [0.25, 0.3) is 0 Å². The van der Waals surface area contributed by atoms with Gasteiger partial charge in [0.25, 0.3) is 0 Å². The fraction of sp³-hybridized carbons (Fsp3) is 0.529. The first-order chi connectivity index (χ1) is 11.6. The predicted molar refractivity (Wildman–Crippen MR) is 94.1 cm³/mol. The zero-order chi connectivity index (χ0) is 17.4. The van der Waals surface area contributed by atoms with Crippen LogP contribution < -0.4 is 10.6 Å². The molecule has 0 saturated carbocycles. The number of likely N-dealkylation sites (tertiary alicyclic amines) is 1. The zero-order valence-corrected chi connectivity index (χ0v) is 14.4. The molecule has 1 saturated heterocycles. The average molecular weight is 351 g/mol. The van der Waals surface area contributed by atoms with Crippen molar-refractivity contribution in [2.45, 2.75) is 31.7 Å². The Morgan fingerprint density at radius 3 is 3.00 bits per heavy atom. The van der Waals surface area contributed by atoms with E-state index >= 15 is 0 Å². The van der Waals surface area contributed by atoms with Gasteiger partial charge in [-0.15, -0.1) is 0 Å². The van der Waals surface area contributed by atoms with Crippen molar-refractivity contribution in [3.05, 3.63) is 28.8 Å². The van der Waals surface area contributed by atoms with Crippen LogP contribution in [-0.2, 0) is 0 Å². The summed E-state index contributed by atoms with van der Waals surface area (Å²) in [5, 5.41) is 23.9. The largest absolute Gasteiger partial charge is 0.395 e. The summed E-state index contributed by atoms with van der Waals surface area (Å²) in [6.45, 7) is 2.83. The second-order valence-corrected chi connectivity index (χ2v) is 6.32. The second-order valence-electron chi connectivity index (χ2n) is 5.91. The minimum atomic E-state index is -0.287. The number of unbranched alkanes of at least 4 members (excludes halogenated alkanes) is 1. The van der Waals surface area contributed by atoms with Gasteiger partial charge in [0.1, 0.15) is 6.07 Å². The number of aliphatic hydroxyl groups excluding tert-OH is 1. The molecule has 130 valence electrons. The lowest BCUT2D eigenvalue weighted by atomic mass is 10.2. The number of nitrogens with zero attached hydrogens (tertiary/aromatic N) is 2. The molecule has 0 aromatic heterocycles. The lowest BCUT2D eigenvalue weighted by molar-refractivity contribution is 0.157. The van der Waals surface area contributed by atoms with Gasteiger partial charge in [-0.25, -0.2) is 4.79 Å². The summed E-state index contributed by atoms with van der Waals surface area (Å²) >= 11 is 5.93. The third-order valence-corrected chi connectivity index (χ3v) is 4.53. The average Bonchev–Trinajstić information content (AvgIpc) is 3.02. The van der Waals surface area contributed by atoms with E-state index in [-0.39, 0.29) is 12.6 Å². The van der Waals surface area contributed by atoms with Crippen LogP contribution in [0.15, 0.2) is 18.2 Å². The minimum Gasteiger partial charge on any atom is -0.395 e. The standard InChI is InChI=1S/C17H23ClN4O2/c18-16-10-14(6-5-13(16)11-19)21-17(24)20-7-1-2-8-22-9-3-4-15(22)12-23/h5-6,10,15,23H,1-4,7-9,12H2,(H2,20,21,24). The number of aliphatic hydroxyl groups is 1. The predicted octanol–water partition coefficient (Wildman–Crippen LogP) is 2.57. The van der Waals surface area contributed by atoms with Crippen LogP contribution in [0, 0.1) is 11.3 Å². The highest BCUT2D eigenvalue weighted by atomic mass is 35.5. The Morgan fingerprint density at radius 2 is 2.29 bits per heavy atom. The maximum Gasteiger partial charge on any atom is 0.319 e. The van der Waals surface area contributed by atoms with Crippen molar-refractivity contribution in [1.82, 2.24) is 10.2 Å². The second kappa shape index (κ2) is 9.48. The maximum atomic E-state index is 11.8. The number of anilines is 1. The molecule has 1 unspecified atom stereocenters. The Labute approximate surface area is 147 Å². The molecule has 1 heterocycles. The van der Waals surface area contributed by atoms with E-state index in [1.807, 2.05) is 6.07 Å². The summed E-state index contributed by atoms with van der Waals surface area (Å²) in [5.74, 6) is 0. The SMILES string of the molecule is N#Cc1ccc(NC(=O)NCCCCN2CCCC2CO)cc1Cl. The minimum absolute atomic E-state index is 0.230. The third kappa shape index (κ3) is 5.38. The fourth-order valence-electron chi connectivity index (χ4n) is 2.90. The van der Waals surface area contributed by atoms with Crippen LogP contribution in [0.2, 0.25) is 5.02 Å². The molecule has 1 aliphatic rings. The van der Waals surface area contributed by atoms with Gasteiger partial charge in [0.15, 0.2) is 0 Å². The normalized spacial score (nSPS) is 17.5. The lowest BCUT2D eigenvalue weighted by Crippen LogP contribution is -2.34. The summed E-state index contributed by atoms with van der Waals surface area (Å²) in [7, 11) is 0. The molecule has 7 heteroatoms. The molecule has 0 aliphatic carbocycles. The van der Waals surface area contributed by atoms with Crippen molar-refractivity contribution < 1.29 is 9.90 Å². The molecule has 0 spiro atoms. The van der Waals surface area contributed by atoms with Gasteiger partial charge >= 0.3 is 6.03 Å². The fourth-order valence-corrected chi connectivity index (χ4v) is 3.12. The van der Waals surface area contributed by atoms with Gasteiger partial charge in [-0.1, -0.05) is 11.6 Å². The first-order valence-electron chi connectivity index (χ1n) is 8.23. The molecule has 1 aliphatic heterocycles. The van der Waals surface area contributed by atoms with Gasteiger partial charge in [-0.05, 0) is 57.0 Å². The molecule has 0 radical (unpaired) electrons. The molecule has 0 bridgehead atoms. The number of halogens is 1. The van der Waals surface area contributed by atoms with Gasteiger partial charge in [-0.2, -0.15) is 5.26 Å². The molecule has 1 atom stereocenters. The summed E-state index contributed by atoms with van der Waals surface area (Å²) in [6, 6.07) is 6.77. The number of hydrogen-bond acceptors (Lipinski definition) is 4. The maximum absolute atomic E-state index is 11.8. The van der Waals surface area contributed by atoms with Crippen molar-refractivity contribution in [2.75, 3.05) is 31.6 Å². The van der Waals surface area contributed by atoms with E-state index in [1.54, 1.807) is 18.2 Å². The molecule has 24 heavy (non-hydrogen) atoms. The number of carbonyl (C=O) groups excluding carboxylic acids is 1. The molecule has 1 fully saturated rings. The highest BCUT2D eigenvalue weighted by Crippen LogP contribution is 2.20. The van der Waals surface area contributed by atoms with Gasteiger partial charge in [-0.3, -0.25) is 4.90 Å². The molecule has 2 amide bonds. The van der Waals surface area contributed by atoms with Crippen molar-refractivity contribution in [3.8, 4) is 6.07 Å². The van der Waals surface area contributed by atoms with Crippen molar-refractivity contribution in [1.29, 1.82) is 5.26 Å². The topological polar surface area (TPSA) is 88.4 Å². The smallest absolute Gasteiger partial charge is 0.319 e. The van der Waals surface area contributed by atoms with E-state index in [0.717, 1.165) is 38.8 Å². The molecular weight excluding hydrogens is 328 g/mol. The number of amides is 2. The van der Waals surface area contributed by atoms with Crippen LogP contribution in [0.5, 0.6) is 0 Å². The van der Waals surface area contributed by atoms with Crippen LogP contribution in [0.4, 0.5) is 10.5 Å². The van der Waals surface area contributed by atoms with Crippen LogP contribution in [-0.4, -0.2) is 48.3 Å². The first-order valence-corrected chi connectivity index (χ1v) is 8.61. The van der Waals surface area contributed by atoms with E-state index in [9.17, 15) is 9.90 Å². The number of nitriles is 1. The number of benzene rings is 1. The highest BCUT2D eigenvalue weighted by Gasteiger charge is 2.22. The van der Waals surface area contributed by atoms with Crippen LogP contribution in [0.1, 0.15) is 31.2 Å². The molecule has 1 aromatic carbocycles. The number of urea groups is 1. The van der Waals surface area contributed by atoms with E-state index in [2.05, 4.69) is 15.5 Å². The lowest BCUT2D eigenvalue weighted by Gasteiger charge is -2.22. The Balaban J connectivity index is 1.63. The van der Waals surface area contributed by atoms with Crippen LogP contribution >= 0.6 is 11.6 Å². The summed E-state index contributed by atoms with van der Waals surface area (Å²) in [5.41, 5.74) is 0.935. The quantitative estimate of drug-likeness (QED) is 0.659. The van der Waals surface area contributed by atoms with Crippen LogP contribution in [0.3, 0.4) is 0 Å². The van der Waals surface area contributed by atoms with Crippen molar-refractivity contribution >= 4 is 23.3 Å². The molecular formula is C17H23ClN4O2. The number of hydrogen-bond donors (Lipinski definition) is 3. The number of carbonyl (C=O) groups is 1. The Bertz CT molecular complexity index is 603. The van der Waals surface area contributed by atoms with E-state index in [0.29, 0.717) is 28.9 Å².